The van der Waals surface area contributed by atoms with Gasteiger partial charge in [0.05, 0.1) is 17.7 Å². The second-order valence-corrected chi connectivity index (χ2v) is 7.72. The summed E-state index contributed by atoms with van der Waals surface area (Å²) in [7, 11) is 1.55. The van der Waals surface area contributed by atoms with Crippen LogP contribution >= 0.6 is 11.8 Å². The molecule has 0 N–H and O–H groups in total. The molecule has 0 amide bonds. The van der Waals surface area contributed by atoms with E-state index < -0.39 is 10.2 Å². The molecule has 0 aliphatic rings. The molecular weight excluding hydrogens is 430 g/mol. The molecule has 10 heteroatoms. The van der Waals surface area contributed by atoms with E-state index >= 15 is 0 Å². The van der Waals surface area contributed by atoms with Crippen LogP contribution in [0.3, 0.4) is 0 Å². The van der Waals surface area contributed by atoms with Crippen LogP contribution in [-0.4, -0.2) is 38.0 Å². The number of nitro benzene ring substituents is 1. The third kappa shape index (κ3) is 4.49. The van der Waals surface area contributed by atoms with E-state index in [4.69, 9.17) is 4.74 Å². The second-order valence-electron chi connectivity index (χ2n) is 6.65. The molecule has 1 unspecified atom stereocenters. The van der Waals surface area contributed by atoms with Crippen LogP contribution in [0.15, 0.2) is 84.0 Å². The third-order valence-corrected chi connectivity index (χ3v) is 5.87. The number of nitrogens with zero attached hydrogens (tertiary/aromatic N) is 5. The molecule has 32 heavy (non-hydrogen) atoms. The monoisotopic (exact) mass is 447 g/mol. The van der Waals surface area contributed by atoms with Crippen LogP contribution in [0.25, 0.3) is 5.69 Å². The lowest BCUT2D eigenvalue weighted by molar-refractivity contribution is -0.384. The number of ether oxygens (including phenoxy) is 1. The number of tetrazole rings is 1. The highest BCUT2D eigenvalue weighted by atomic mass is 32.2. The number of carbonyl (C=O) groups is 1. The highest BCUT2D eigenvalue weighted by Gasteiger charge is 2.27. The van der Waals surface area contributed by atoms with Crippen LogP contribution < -0.4 is 4.74 Å². The van der Waals surface area contributed by atoms with E-state index in [-0.39, 0.29) is 11.5 Å². The minimum absolute atomic E-state index is 0.0523. The van der Waals surface area contributed by atoms with Gasteiger partial charge in [-0.05, 0) is 52.4 Å². The quantitative estimate of drug-likeness (QED) is 0.170. The number of aromatic nitrogens is 4. The maximum atomic E-state index is 13.5. The number of Topliss-reactive ketones (excluding diaryl/α,β-unsaturated/α-hetero) is 1. The fourth-order valence-corrected chi connectivity index (χ4v) is 4.11. The first kappa shape index (κ1) is 21.2. The molecular formula is C22H17N5O4S. The van der Waals surface area contributed by atoms with E-state index in [0.717, 1.165) is 5.69 Å². The highest BCUT2D eigenvalue weighted by Crippen LogP contribution is 2.38. The number of benzene rings is 3. The fourth-order valence-electron chi connectivity index (χ4n) is 3.04. The summed E-state index contributed by atoms with van der Waals surface area (Å²) in [5.41, 5.74) is 1.77. The molecule has 9 nitrogen and oxygen atoms in total. The minimum Gasteiger partial charge on any atom is -0.497 e. The average Bonchev–Trinajstić information content (AvgIpc) is 3.31. The molecule has 1 heterocycles. The topological polar surface area (TPSA) is 113 Å². The van der Waals surface area contributed by atoms with Gasteiger partial charge in [0.2, 0.25) is 5.16 Å². The molecule has 0 aliphatic carbocycles. The van der Waals surface area contributed by atoms with Crippen LogP contribution in [0, 0.1) is 10.1 Å². The third-order valence-electron chi connectivity index (χ3n) is 4.68. The van der Waals surface area contributed by atoms with Gasteiger partial charge < -0.3 is 4.74 Å². The number of rotatable bonds is 8. The molecule has 0 fully saturated rings. The van der Waals surface area contributed by atoms with Gasteiger partial charge in [-0.25, -0.2) is 0 Å². The SMILES string of the molecule is COc1ccc(C(=O)C(Sc2nnnn2-c2ccccc2)c2ccc([N+](=O)[O-])cc2)cc1. The first-order valence-corrected chi connectivity index (χ1v) is 10.4. The number of thioether (sulfide) groups is 1. The molecule has 0 bridgehead atoms. The minimum atomic E-state index is -0.724. The molecule has 0 saturated carbocycles. The van der Waals surface area contributed by atoms with Crippen molar-refractivity contribution in [3.63, 3.8) is 0 Å². The van der Waals surface area contributed by atoms with Gasteiger partial charge in [0.15, 0.2) is 5.78 Å². The van der Waals surface area contributed by atoms with Crippen molar-refractivity contribution in [3.05, 3.63) is 100 Å². The van der Waals surface area contributed by atoms with Crippen molar-refractivity contribution < 1.29 is 14.5 Å². The maximum absolute atomic E-state index is 13.5. The molecule has 1 aromatic heterocycles. The van der Waals surface area contributed by atoms with Crippen molar-refractivity contribution in [3.8, 4) is 11.4 Å². The number of hydrogen-bond acceptors (Lipinski definition) is 8. The number of ketones is 1. The smallest absolute Gasteiger partial charge is 0.269 e. The molecule has 0 spiro atoms. The van der Waals surface area contributed by atoms with E-state index in [1.165, 1.54) is 23.9 Å². The first-order chi connectivity index (χ1) is 15.6. The molecule has 4 rings (SSSR count). The van der Waals surface area contributed by atoms with Crippen molar-refractivity contribution in [2.45, 2.75) is 10.4 Å². The lowest BCUT2D eigenvalue weighted by Gasteiger charge is -2.16. The highest BCUT2D eigenvalue weighted by molar-refractivity contribution is 8.00. The Bertz CT molecular complexity index is 1230. The number of nitro groups is 1. The Morgan fingerprint density at radius 3 is 2.34 bits per heavy atom. The summed E-state index contributed by atoms with van der Waals surface area (Å²) >= 11 is 1.17. The lowest BCUT2D eigenvalue weighted by atomic mass is 10.0. The van der Waals surface area contributed by atoms with Gasteiger partial charge in [-0.15, -0.1) is 5.10 Å². The van der Waals surface area contributed by atoms with Gasteiger partial charge in [-0.1, -0.05) is 42.1 Å². The fraction of sp³-hybridized carbons (Fsp3) is 0.0909. The number of methoxy groups -OCH3 is 1. The zero-order chi connectivity index (χ0) is 22.5. The Morgan fingerprint density at radius 2 is 1.72 bits per heavy atom. The van der Waals surface area contributed by atoms with E-state index in [9.17, 15) is 14.9 Å². The van der Waals surface area contributed by atoms with Gasteiger partial charge in [0.1, 0.15) is 11.0 Å². The molecule has 0 radical (unpaired) electrons. The summed E-state index contributed by atoms with van der Waals surface area (Å²) < 4.78 is 6.72. The van der Waals surface area contributed by atoms with Crippen LogP contribution in [0.2, 0.25) is 0 Å². The van der Waals surface area contributed by atoms with Gasteiger partial charge in [0.25, 0.3) is 5.69 Å². The molecule has 1 atom stereocenters. The Hall–Kier alpha value is -4.05. The van der Waals surface area contributed by atoms with Gasteiger partial charge in [-0.3, -0.25) is 14.9 Å². The molecule has 160 valence electrons. The van der Waals surface area contributed by atoms with Gasteiger partial charge in [0, 0.05) is 17.7 Å². The van der Waals surface area contributed by atoms with E-state index in [2.05, 4.69) is 15.5 Å². The Balaban J connectivity index is 1.72. The largest absolute Gasteiger partial charge is 0.497 e. The van der Waals surface area contributed by atoms with E-state index in [1.807, 2.05) is 30.3 Å². The van der Waals surface area contributed by atoms with Crippen molar-refractivity contribution in [2.75, 3.05) is 7.11 Å². The molecule has 0 aliphatic heterocycles. The number of non-ortho nitro benzene ring substituents is 1. The summed E-state index contributed by atoms with van der Waals surface area (Å²) in [4.78, 5) is 24.0. The maximum Gasteiger partial charge on any atom is 0.269 e. The number of para-hydroxylation sites is 1. The van der Waals surface area contributed by atoms with Gasteiger partial charge >= 0.3 is 0 Å². The van der Waals surface area contributed by atoms with Crippen molar-refractivity contribution in [1.29, 1.82) is 0 Å². The second kappa shape index (κ2) is 9.40. The molecule has 4 aromatic rings. The average molecular weight is 447 g/mol. The van der Waals surface area contributed by atoms with Crippen LogP contribution in [-0.2, 0) is 0 Å². The Morgan fingerprint density at radius 1 is 1.03 bits per heavy atom. The zero-order valence-corrected chi connectivity index (χ0v) is 17.7. The number of carbonyl (C=O) groups excluding carboxylic acids is 1. The standard InChI is InChI=1S/C22H17N5O4S/c1-31-19-13-9-15(10-14-19)20(28)21(16-7-11-18(12-8-16)27(29)30)32-22-23-24-25-26(22)17-5-3-2-4-6-17/h2-14,21H,1H3. The Labute approximate surface area is 187 Å². The normalized spacial score (nSPS) is 11.7. The summed E-state index contributed by atoms with van der Waals surface area (Å²) in [5.74, 6) is 0.447. The van der Waals surface area contributed by atoms with Crippen molar-refractivity contribution >= 4 is 23.2 Å². The van der Waals surface area contributed by atoms with Crippen LogP contribution in [0.5, 0.6) is 5.75 Å². The Kier molecular flexibility index (Phi) is 6.22. The van der Waals surface area contributed by atoms with Crippen LogP contribution in [0.1, 0.15) is 21.2 Å². The van der Waals surface area contributed by atoms with E-state index in [0.29, 0.717) is 22.0 Å². The lowest BCUT2D eigenvalue weighted by Crippen LogP contribution is -2.11. The summed E-state index contributed by atoms with van der Waals surface area (Å²) in [6.07, 6.45) is 0. The van der Waals surface area contributed by atoms with Gasteiger partial charge in [-0.2, -0.15) is 4.68 Å². The zero-order valence-electron chi connectivity index (χ0n) is 16.9. The summed E-state index contributed by atoms with van der Waals surface area (Å²) in [5, 5.41) is 22.6. The van der Waals surface area contributed by atoms with Crippen molar-refractivity contribution in [1.82, 2.24) is 20.2 Å². The predicted molar refractivity (Wildman–Crippen MR) is 118 cm³/mol. The molecule has 0 saturated heterocycles. The summed E-state index contributed by atoms with van der Waals surface area (Å²) in [6.45, 7) is 0. The van der Waals surface area contributed by atoms with Crippen LogP contribution in [0.4, 0.5) is 5.69 Å². The number of hydrogen-bond donors (Lipinski definition) is 0. The first-order valence-electron chi connectivity index (χ1n) is 9.50. The van der Waals surface area contributed by atoms with E-state index in [1.54, 1.807) is 48.2 Å². The summed E-state index contributed by atoms with van der Waals surface area (Å²) in [6, 6.07) is 22.0. The molecule has 3 aromatic carbocycles. The van der Waals surface area contributed by atoms with Crippen molar-refractivity contribution in [2.24, 2.45) is 0 Å². The predicted octanol–water partition coefficient (Wildman–Crippen LogP) is 4.30.